The van der Waals surface area contributed by atoms with E-state index in [0.717, 1.165) is 82.6 Å². The Bertz CT molecular complexity index is 1390. The van der Waals surface area contributed by atoms with E-state index in [2.05, 4.69) is 31.4 Å². The smallest absolute Gasteiger partial charge is 0.303 e. The van der Waals surface area contributed by atoms with Gasteiger partial charge in [0.05, 0.1) is 17.5 Å². The number of carboxylic acid groups (broad SMARTS) is 1. The molecule has 10 nitrogen and oxygen atoms in total. The molecule has 2 saturated heterocycles. The number of guanidine groups is 1. The Labute approximate surface area is 268 Å². The summed E-state index contributed by atoms with van der Waals surface area (Å²) in [6.07, 6.45) is 5.33. The molecule has 3 aliphatic rings. The van der Waals surface area contributed by atoms with Crippen LogP contribution >= 0.6 is 23.2 Å². The molecule has 12 heteroatoms. The summed E-state index contributed by atoms with van der Waals surface area (Å²) in [7, 11) is 0. The highest BCUT2D eigenvalue weighted by Crippen LogP contribution is 2.36. The maximum Gasteiger partial charge on any atom is 0.303 e. The van der Waals surface area contributed by atoms with Crippen LogP contribution in [0.3, 0.4) is 0 Å². The van der Waals surface area contributed by atoms with Crippen LogP contribution in [0.1, 0.15) is 44.6 Å². The first-order valence-electron chi connectivity index (χ1n) is 15.1. The van der Waals surface area contributed by atoms with Gasteiger partial charge in [-0.05, 0) is 88.2 Å². The van der Waals surface area contributed by atoms with Crippen molar-refractivity contribution in [3.63, 3.8) is 0 Å². The van der Waals surface area contributed by atoms with Gasteiger partial charge in [0.15, 0.2) is 0 Å². The van der Waals surface area contributed by atoms with Crippen LogP contribution in [0.5, 0.6) is 5.88 Å². The number of benzene rings is 1. The van der Waals surface area contributed by atoms with Crippen LogP contribution in [0.2, 0.25) is 10.0 Å². The molecular weight excluding hydrogens is 603 g/mol. The summed E-state index contributed by atoms with van der Waals surface area (Å²) in [6, 6.07) is 9.25. The van der Waals surface area contributed by atoms with Crippen LogP contribution in [0.25, 0.3) is 11.3 Å². The van der Waals surface area contributed by atoms with E-state index in [4.69, 9.17) is 38.0 Å². The van der Waals surface area contributed by atoms with Crippen molar-refractivity contribution in [2.24, 2.45) is 15.9 Å². The number of likely N-dealkylation sites (tertiary alicyclic amines) is 1. The number of hydrogen-bond donors (Lipinski definition) is 2. The maximum absolute atomic E-state index is 11.1. The Balaban J connectivity index is 1.29. The average Bonchev–Trinajstić information content (AvgIpc) is 3.70. The summed E-state index contributed by atoms with van der Waals surface area (Å²) < 4.78 is 6.17. The number of aliphatic imine (C=N–C) groups is 2. The third-order valence-electron chi connectivity index (χ3n) is 8.37. The number of pyridine rings is 1. The molecule has 1 aromatic carbocycles. The Morgan fingerprint density at radius 1 is 1.07 bits per heavy atom. The van der Waals surface area contributed by atoms with E-state index in [-0.39, 0.29) is 12.3 Å². The highest BCUT2D eigenvalue weighted by Gasteiger charge is 2.42. The molecule has 0 amide bonds. The third kappa shape index (κ3) is 9.25. The van der Waals surface area contributed by atoms with Crippen LogP contribution in [0.4, 0.5) is 0 Å². The summed E-state index contributed by atoms with van der Waals surface area (Å²) in [5, 5.41) is 20.4. The molecule has 3 heterocycles. The number of piperazine rings is 1. The fourth-order valence-corrected chi connectivity index (χ4v) is 6.32. The molecule has 2 aromatic rings. The number of rotatable bonds is 10. The summed E-state index contributed by atoms with van der Waals surface area (Å²) >= 11 is 12.6. The largest absolute Gasteiger partial charge is 0.481 e. The number of aromatic nitrogens is 1. The number of carboxylic acids is 1. The van der Waals surface area contributed by atoms with Gasteiger partial charge < -0.3 is 19.8 Å². The quantitative estimate of drug-likeness (QED) is 0.207. The number of nitrogens with zero attached hydrogens (tertiary/aromatic N) is 6. The second-order valence-electron chi connectivity index (χ2n) is 12.1. The van der Waals surface area contributed by atoms with Crippen LogP contribution in [0, 0.1) is 5.92 Å². The number of allylic oxidation sites excluding steroid dienone is 1. The minimum atomic E-state index is -0.736. The van der Waals surface area contributed by atoms with Crippen LogP contribution < -0.4 is 4.74 Å². The summed E-state index contributed by atoms with van der Waals surface area (Å²) in [6.45, 7) is 11.8. The zero-order chi connectivity index (χ0) is 31.3. The summed E-state index contributed by atoms with van der Waals surface area (Å²) in [4.78, 5) is 31.3. The second-order valence-corrected chi connectivity index (χ2v) is 13.0. The Morgan fingerprint density at radius 3 is 2.36 bits per heavy atom. The molecule has 236 valence electrons. The fraction of sp³-hybridized carbons (Fsp3) is 0.500. The van der Waals surface area contributed by atoms with Crippen molar-refractivity contribution in [3.05, 3.63) is 57.9 Å². The standard InChI is InChI=1S/C32H40Cl2N6O4/c1-22(19-36-31(35-2)40-11-9-39(10-12-40)21-32(43)5-6-32)44-29-14-24(20-38-7-3-23(4-8-38)15-30(41)42)13-28(37-29)25-16-26(33)18-27(34)17-25/h13-14,16-19,23,43H,2-12,15,20-21H2,1H3,(H,41,42)/b22-19+,36-31+. The predicted octanol–water partition coefficient (Wildman–Crippen LogP) is 5.18. The van der Waals surface area contributed by atoms with E-state index in [1.54, 1.807) is 12.3 Å². The molecule has 1 aromatic heterocycles. The van der Waals surface area contributed by atoms with Crippen molar-refractivity contribution in [1.82, 2.24) is 19.7 Å². The van der Waals surface area contributed by atoms with Gasteiger partial charge in [0.1, 0.15) is 5.76 Å². The van der Waals surface area contributed by atoms with Crippen molar-refractivity contribution in [1.29, 1.82) is 0 Å². The number of hydrogen-bond acceptors (Lipinski definition) is 7. The van der Waals surface area contributed by atoms with E-state index >= 15 is 0 Å². The lowest BCUT2D eigenvalue weighted by Gasteiger charge is -2.36. The lowest BCUT2D eigenvalue weighted by atomic mass is 9.93. The van der Waals surface area contributed by atoms with Gasteiger partial charge >= 0.3 is 5.97 Å². The van der Waals surface area contributed by atoms with Crippen molar-refractivity contribution < 1.29 is 19.7 Å². The van der Waals surface area contributed by atoms with Gasteiger partial charge in [-0.1, -0.05) is 23.2 Å². The predicted molar refractivity (Wildman–Crippen MR) is 174 cm³/mol. The fourth-order valence-electron chi connectivity index (χ4n) is 5.79. The minimum absolute atomic E-state index is 0.215. The number of aliphatic carboxylic acids is 1. The lowest BCUT2D eigenvalue weighted by Crippen LogP contribution is -2.50. The molecular formula is C32H40Cl2N6O4. The Kier molecular flexibility index (Phi) is 10.6. The summed E-state index contributed by atoms with van der Waals surface area (Å²) in [5.41, 5.74) is 1.98. The van der Waals surface area contributed by atoms with E-state index in [1.165, 1.54) is 0 Å². The van der Waals surface area contributed by atoms with Crippen LogP contribution in [-0.4, -0.2) is 100.0 Å². The number of halogens is 2. The van der Waals surface area contributed by atoms with Gasteiger partial charge in [0.25, 0.3) is 0 Å². The first kappa shape index (κ1) is 32.4. The van der Waals surface area contributed by atoms with Crippen LogP contribution in [0.15, 0.2) is 52.3 Å². The number of carbonyl (C=O) groups is 1. The first-order valence-corrected chi connectivity index (χ1v) is 15.8. The zero-order valence-corrected chi connectivity index (χ0v) is 26.6. The van der Waals surface area contributed by atoms with Gasteiger partial charge in [0.2, 0.25) is 11.8 Å². The Hall–Kier alpha value is -3.02. The highest BCUT2D eigenvalue weighted by molar-refractivity contribution is 6.35. The van der Waals surface area contributed by atoms with Gasteiger partial charge in [-0.25, -0.2) is 15.0 Å². The molecule has 0 bridgehead atoms. The molecule has 0 unspecified atom stereocenters. The third-order valence-corrected chi connectivity index (χ3v) is 8.80. The number of aliphatic hydroxyl groups is 1. The zero-order valence-electron chi connectivity index (χ0n) is 25.1. The molecule has 2 aliphatic heterocycles. The highest BCUT2D eigenvalue weighted by atomic mass is 35.5. The van der Waals surface area contributed by atoms with E-state index in [0.29, 0.717) is 39.9 Å². The molecule has 1 saturated carbocycles. The SMILES string of the molecule is C=N/C(=N\C=C(/C)Oc1cc(CN2CCC(CC(=O)O)CC2)cc(-c2cc(Cl)cc(Cl)c2)n1)N1CCN(CC2(O)CC2)CC1. The second kappa shape index (κ2) is 14.4. The molecule has 5 rings (SSSR count). The molecule has 44 heavy (non-hydrogen) atoms. The Morgan fingerprint density at radius 2 is 1.75 bits per heavy atom. The van der Waals surface area contributed by atoms with Crippen molar-refractivity contribution >= 4 is 41.8 Å². The number of ether oxygens (including phenoxy) is 1. The number of piperidine rings is 1. The molecule has 3 fully saturated rings. The average molecular weight is 644 g/mol. The molecule has 0 spiro atoms. The van der Waals surface area contributed by atoms with Gasteiger partial charge in [-0.3, -0.25) is 14.6 Å². The van der Waals surface area contributed by atoms with E-state index < -0.39 is 11.6 Å². The maximum atomic E-state index is 11.1. The first-order chi connectivity index (χ1) is 21.1. The molecule has 0 atom stereocenters. The van der Waals surface area contributed by atoms with Gasteiger partial charge in [-0.2, -0.15) is 0 Å². The minimum Gasteiger partial charge on any atom is -0.481 e. The normalized spacial score (nSPS) is 20.0. The van der Waals surface area contributed by atoms with Crippen molar-refractivity contribution in [3.8, 4) is 17.1 Å². The van der Waals surface area contributed by atoms with Crippen molar-refractivity contribution in [2.45, 2.75) is 51.2 Å². The topological polar surface area (TPSA) is 114 Å². The van der Waals surface area contributed by atoms with E-state index in [9.17, 15) is 9.90 Å². The van der Waals surface area contributed by atoms with Crippen LogP contribution in [-0.2, 0) is 11.3 Å². The van der Waals surface area contributed by atoms with Gasteiger partial charge in [-0.15, -0.1) is 0 Å². The molecule has 2 N–H and O–H groups in total. The van der Waals surface area contributed by atoms with Gasteiger partial charge in [0, 0.05) is 67.4 Å². The van der Waals surface area contributed by atoms with E-state index in [1.807, 2.05) is 31.2 Å². The monoisotopic (exact) mass is 642 g/mol. The molecule has 1 aliphatic carbocycles. The number of β-amino-alcohol motifs (C(OH)–C–C–N with tert-alkyl or cyclic N) is 1. The lowest BCUT2D eigenvalue weighted by molar-refractivity contribution is -0.138. The van der Waals surface area contributed by atoms with Crippen molar-refractivity contribution in [2.75, 3.05) is 45.8 Å². The summed E-state index contributed by atoms with van der Waals surface area (Å²) in [5.74, 6) is 0.958. The molecule has 0 radical (unpaired) electrons.